The van der Waals surface area contributed by atoms with Crippen LogP contribution in [0.1, 0.15) is 23.2 Å². The summed E-state index contributed by atoms with van der Waals surface area (Å²) in [5.41, 5.74) is 0.711. The topological polar surface area (TPSA) is 52.6 Å². The van der Waals surface area contributed by atoms with Crippen LogP contribution < -0.4 is 5.32 Å². The first-order valence-corrected chi connectivity index (χ1v) is 9.57. The molecular weight excluding hydrogens is 332 g/mol. The Morgan fingerprint density at radius 3 is 2.40 bits per heavy atom. The van der Waals surface area contributed by atoms with E-state index in [-0.39, 0.29) is 17.7 Å². The molecule has 0 spiro atoms. The van der Waals surface area contributed by atoms with Crippen LogP contribution in [0.2, 0.25) is 0 Å². The van der Waals surface area contributed by atoms with Gasteiger partial charge in [-0.25, -0.2) is 0 Å². The van der Waals surface area contributed by atoms with Crippen molar-refractivity contribution in [3.63, 3.8) is 0 Å². The molecule has 2 bridgehead atoms. The molecule has 1 unspecified atom stereocenters. The number of amides is 1. The van der Waals surface area contributed by atoms with Crippen molar-refractivity contribution in [2.24, 2.45) is 5.92 Å². The summed E-state index contributed by atoms with van der Waals surface area (Å²) >= 11 is 1.61. The second-order valence-electron chi connectivity index (χ2n) is 6.94. The van der Waals surface area contributed by atoms with Crippen LogP contribution in [0.15, 0.2) is 58.3 Å². The van der Waals surface area contributed by atoms with Gasteiger partial charge < -0.3 is 15.3 Å². The van der Waals surface area contributed by atoms with Crippen LogP contribution in [0.5, 0.6) is 5.75 Å². The first kappa shape index (κ1) is 16.5. The maximum Gasteiger partial charge on any atom is 0.251 e. The molecule has 0 aromatic heterocycles. The smallest absolute Gasteiger partial charge is 0.251 e. The van der Waals surface area contributed by atoms with Crippen LogP contribution in [0, 0.1) is 5.92 Å². The van der Waals surface area contributed by atoms with Crippen LogP contribution in [0.4, 0.5) is 0 Å². The number of rotatable bonds is 4. The fourth-order valence-electron chi connectivity index (χ4n) is 3.76. The Kier molecular flexibility index (Phi) is 4.68. The summed E-state index contributed by atoms with van der Waals surface area (Å²) in [6, 6.07) is 15.1. The summed E-state index contributed by atoms with van der Waals surface area (Å²) in [7, 11) is 0. The number of fused-ring (bicyclic) bond motifs is 2. The molecule has 2 aromatic carbocycles. The van der Waals surface area contributed by atoms with E-state index in [2.05, 4.69) is 10.2 Å². The lowest BCUT2D eigenvalue weighted by molar-refractivity contribution is 0.0909. The molecule has 2 saturated heterocycles. The minimum absolute atomic E-state index is 0.0219. The van der Waals surface area contributed by atoms with Gasteiger partial charge in [0.1, 0.15) is 5.75 Å². The van der Waals surface area contributed by atoms with Crippen molar-refractivity contribution < 1.29 is 9.90 Å². The third-order valence-electron chi connectivity index (χ3n) is 4.99. The minimum atomic E-state index is 0.0219. The van der Waals surface area contributed by atoms with Crippen LogP contribution in [-0.2, 0) is 0 Å². The molecule has 2 aliphatic rings. The van der Waals surface area contributed by atoms with Gasteiger partial charge in [0.2, 0.25) is 0 Å². The molecule has 0 saturated carbocycles. The van der Waals surface area contributed by atoms with Gasteiger partial charge >= 0.3 is 0 Å². The second-order valence-corrected chi connectivity index (χ2v) is 8.09. The zero-order valence-corrected chi connectivity index (χ0v) is 14.8. The Morgan fingerprint density at radius 2 is 1.72 bits per heavy atom. The monoisotopic (exact) mass is 354 g/mol. The number of piperidine rings is 1. The quantitative estimate of drug-likeness (QED) is 0.884. The molecule has 1 amide bonds. The number of nitrogens with zero attached hydrogens (tertiary/aromatic N) is 1. The normalized spacial score (nSPS) is 24.9. The minimum Gasteiger partial charge on any atom is -0.508 e. The van der Waals surface area contributed by atoms with Gasteiger partial charge in [0.15, 0.2) is 0 Å². The van der Waals surface area contributed by atoms with Crippen LogP contribution in [0.25, 0.3) is 0 Å². The van der Waals surface area contributed by atoms with Crippen molar-refractivity contribution in [2.45, 2.75) is 28.7 Å². The van der Waals surface area contributed by atoms with E-state index in [1.807, 2.05) is 36.4 Å². The van der Waals surface area contributed by atoms with Crippen molar-refractivity contribution in [2.75, 3.05) is 19.6 Å². The first-order valence-electron chi connectivity index (χ1n) is 8.76. The first-order chi connectivity index (χ1) is 12.2. The zero-order valence-electron chi connectivity index (χ0n) is 14.0. The summed E-state index contributed by atoms with van der Waals surface area (Å²) in [5, 5.41) is 12.5. The number of carbonyl (C=O) groups excluding carboxylic acids is 1. The Morgan fingerprint density at radius 1 is 1.04 bits per heavy atom. The van der Waals surface area contributed by atoms with Crippen molar-refractivity contribution >= 4 is 17.7 Å². The van der Waals surface area contributed by atoms with E-state index in [1.54, 1.807) is 23.9 Å². The van der Waals surface area contributed by atoms with Crippen LogP contribution in [-0.4, -0.2) is 41.6 Å². The molecule has 0 aliphatic carbocycles. The van der Waals surface area contributed by atoms with Gasteiger partial charge in [-0.3, -0.25) is 4.79 Å². The van der Waals surface area contributed by atoms with Crippen molar-refractivity contribution in [1.29, 1.82) is 0 Å². The molecule has 2 heterocycles. The molecule has 4 nitrogen and oxygen atoms in total. The molecular formula is C20H22N2O2S. The number of hydrogen-bond acceptors (Lipinski definition) is 4. The number of benzene rings is 2. The van der Waals surface area contributed by atoms with Gasteiger partial charge in [-0.2, -0.15) is 0 Å². The molecule has 3 atom stereocenters. The summed E-state index contributed by atoms with van der Waals surface area (Å²) in [4.78, 5) is 17.1. The highest BCUT2D eigenvalue weighted by molar-refractivity contribution is 7.99. The van der Waals surface area contributed by atoms with E-state index < -0.39 is 0 Å². The SMILES string of the molecule is O=C(N[C@@H]1C[C@@H]2CCN(C2)C1)c1ccc(Sc2ccc(O)cc2)cc1. The van der Waals surface area contributed by atoms with Crippen LogP contribution in [0.3, 0.4) is 0 Å². The molecule has 25 heavy (non-hydrogen) atoms. The average molecular weight is 354 g/mol. The molecule has 130 valence electrons. The fraction of sp³-hybridized carbons (Fsp3) is 0.350. The van der Waals surface area contributed by atoms with Gasteiger partial charge in [-0.05, 0) is 73.8 Å². The number of phenols is 1. The Labute approximate surface area is 152 Å². The number of aromatic hydroxyl groups is 1. The second kappa shape index (κ2) is 7.10. The summed E-state index contributed by atoms with van der Waals surface area (Å²) in [6.07, 6.45) is 2.38. The highest BCUT2D eigenvalue weighted by atomic mass is 32.2. The van der Waals surface area contributed by atoms with Gasteiger partial charge in [0, 0.05) is 34.5 Å². The van der Waals surface area contributed by atoms with Gasteiger partial charge in [0.05, 0.1) is 0 Å². The predicted molar refractivity (Wildman–Crippen MR) is 99.1 cm³/mol. The molecule has 0 radical (unpaired) electrons. The lowest BCUT2D eigenvalue weighted by Gasteiger charge is -2.30. The van der Waals surface area contributed by atoms with Gasteiger partial charge in [0.25, 0.3) is 5.91 Å². The summed E-state index contributed by atoms with van der Waals surface area (Å²) < 4.78 is 0. The van der Waals surface area contributed by atoms with Crippen molar-refractivity contribution in [3.05, 3.63) is 54.1 Å². The Balaban J connectivity index is 1.36. The highest BCUT2D eigenvalue weighted by Crippen LogP contribution is 2.29. The Bertz CT molecular complexity index is 733. The standard InChI is InChI=1S/C20H22N2O2S/c23-17-3-7-19(8-4-17)25-18-5-1-15(2-6-18)20(24)21-16-11-14-9-10-22(12-14)13-16/h1-8,14,16,23H,9-13H2,(H,21,24)/t14-,16+/m0/s1. The van der Waals surface area contributed by atoms with Crippen LogP contribution >= 0.6 is 11.8 Å². The number of hydrogen-bond donors (Lipinski definition) is 2. The maximum atomic E-state index is 12.5. The largest absolute Gasteiger partial charge is 0.508 e. The van der Waals surface area contributed by atoms with E-state index >= 15 is 0 Å². The molecule has 2 fully saturated rings. The van der Waals surface area contributed by atoms with E-state index in [0.29, 0.717) is 5.56 Å². The average Bonchev–Trinajstić information content (AvgIpc) is 2.96. The third kappa shape index (κ3) is 3.99. The third-order valence-corrected chi connectivity index (χ3v) is 6.01. The highest BCUT2D eigenvalue weighted by Gasteiger charge is 2.32. The lowest BCUT2D eigenvalue weighted by Crippen LogP contribution is -2.47. The maximum absolute atomic E-state index is 12.5. The zero-order chi connectivity index (χ0) is 17.2. The lowest BCUT2D eigenvalue weighted by atomic mass is 9.96. The van der Waals surface area contributed by atoms with E-state index in [4.69, 9.17) is 0 Å². The molecule has 5 heteroatoms. The summed E-state index contributed by atoms with van der Waals surface area (Å²) in [6.45, 7) is 3.37. The fourth-order valence-corrected chi connectivity index (χ4v) is 4.57. The molecule has 4 rings (SSSR count). The Hall–Kier alpha value is -1.98. The van der Waals surface area contributed by atoms with E-state index in [0.717, 1.165) is 28.7 Å². The number of phenolic OH excluding ortho intramolecular Hbond substituents is 1. The van der Waals surface area contributed by atoms with E-state index in [1.165, 1.54) is 19.5 Å². The molecule has 2 aliphatic heterocycles. The van der Waals surface area contributed by atoms with Crippen molar-refractivity contribution in [3.8, 4) is 5.75 Å². The predicted octanol–water partition coefficient (Wildman–Crippen LogP) is 3.37. The number of nitrogens with one attached hydrogen (secondary N) is 1. The molecule has 2 aromatic rings. The van der Waals surface area contributed by atoms with E-state index in [9.17, 15) is 9.90 Å². The number of carbonyl (C=O) groups is 1. The molecule has 2 N–H and O–H groups in total. The van der Waals surface area contributed by atoms with Gasteiger partial charge in [-0.15, -0.1) is 0 Å². The van der Waals surface area contributed by atoms with Crippen molar-refractivity contribution in [1.82, 2.24) is 10.2 Å². The summed E-state index contributed by atoms with van der Waals surface area (Å²) in [5.74, 6) is 1.04. The van der Waals surface area contributed by atoms with Gasteiger partial charge in [-0.1, -0.05) is 11.8 Å².